The van der Waals surface area contributed by atoms with E-state index in [9.17, 15) is 24.0 Å². The smallest absolute Gasteiger partial charge is 0.270 e. The first-order valence-corrected chi connectivity index (χ1v) is 20.5. The van der Waals surface area contributed by atoms with Gasteiger partial charge in [0.2, 0.25) is 11.8 Å². The van der Waals surface area contributed by atoms with Crippen LogP contribution in [0.1, 0.15) is 112 Å². The molecule has 1 aromatic heterocycles. The van der Waals surface area contributed by atoms with Gasteiger partial charge in [0.15, 0.2) is 0 Å². The van der Waals surface area contributed by atoms with Gasteiger partial charge in [-0.25, -0.2) is 4.98 Å². The lowest BCUT2D eigenvalue weighted by molar-refractivity contribution is -0.129. The van der Waals surface area contributed by atoms with E-state index < -0.39 is 23.8 Å². The van der Waals surface area contributed by atoms with E-state index in [2.05, 4.69) is 46.5 Å². The standard InChI is InChI=1S/C47H51N5O7/c1-30-12-21-41(45(55)50-30)52-46(56)37-20-19-36(26-39(37)47(52)57)59-23-8-6-4-5-7-22-51(2)43(53)25-31-10-9-11-32(24-31)28-49-44(54)40-27-38(42(58-3)29-48-40)35-17-15-34(16-18-35)33-13-14-33/h9-11,15-20,24,26-27,29,33,41H,1,4-8,12-14,21-23,25,28H2,2-3H3,(H,49,54)(H,50,55). The van der Waals surface area contributed by atoms with E-state index in [1.807, 2.05) is 31.3 Å². The number of likely N-dealkylation sites (N-methyl/N-ethyl adjacent to an activating group) is 1. The molecule has 7 rings (SSSR count). The summed E-state index contributed by atoms with van der Waals surface area (Å²) in [6.07, 6.45) is 9.80. The Morgan fingerprint density at radius 1 is 0.881 bits per heavy atom. The number of hydrogen-bond donors (Lipinski definition) is 2. The third-order valence-electron chi connectivity index (χ3n) is 11.2. The second-order valence-corrected chi connectivity index (χ2v) is 15.6. The average Bonchev–Trinajstić information content (AvgIpc) is 4.07. The molecule has 0 radical (unpaired) electrons. The fourth-order valence-electron chi connectivity index (χ4n) is 7.65. The minimum atomic E-state index is -0.847. The molecule has 1 saturated heterocycles. The molecule has 0 bridgehead atoms. The van der Waals surface area contributed by atoms with Crippen molar-refractivity contribution in [3.63, 3.8) is 0 Å². The molecule has 1 unspecified atom stereocenters. The third-order valence-corrected chi connectivity index (χ3v) is 11.2. The van der Waals surface area contributed by atoms with Crippen LogP contribution in [-0.4, -0.2) is 77.7 Å². The number of ether oxygens (including phenoxy) is 2. The van der Waals surface area contributed by atoms with Gasteiger partial charge in [-0.05, 0) is 91.0 Å². The molecule has 59 heavy (non-hydrogen) atoms. The molecular formula is C47H51N5O7. The highest BCUT2D eigenvalue weighted by Crippen LogP contribution is 2.41. The molecule has 2 N–H and O–H groups in total. The van der Waals surface area contributed by atoms with Crippen molar-refractivity contribution in [2.45, 2.75) is 82.7 Å². The van der Waals surface area contributed by atoms with Crippen molar-refractivity contribution in [2.24, 2.45) is 0 Å². The van der Waals surface area contributed by atoms with Gasteiger partial charge in [0.25, 0.3) is 17.7 Å². The Labute approximate surface area is 345 Å². The van der Waals surface area contributed by atoms with Crippen molar-refractivity contribution < 1.29 is 33.4 Å². The number of pyridine rings is 1. The molecule has 2 aliphatic heterocycles. The summed E-state index contributed by atoms with van der Waals surface area (Å²) in [6.45, 7) is 5.18. The number of nitrogens with zero attached hydrogens (tertiary/aromatic N) is 3. The van der Waals surface area contributed by atoms with Crippen LogP contribution in [0.2, 0.25) is 0 Å². The Hall–Kier alpha value is -6.30. The van der Waals surface area contributed by atoms with E-state index in [1.165, 1.54) is 18.4 Å². The summed E-state index contributed by atoms with van der Waals surface area (Å²) in [5.74, 6) is 0.177. The molecule has 12 heteroatoms. The molecule has 3 aromatic carbocycles. The van der Waals surface area contributed by atoms with Crippen molar-refractivity contribution in [3.8, 4) is 22.6 Å². The number of imide groups is 1. The van der Waals surface area contributed by atoms with Gasteiger partial charge >= 0.3 is 0 Å². The zero-order chi connectivity index (χ0) is 41.5. The van der Waals surface area contributed by atoms with E-state index in [1.54, 1.807) is 42.5 Å². The Kier molecular flexibility index (Phi) is 12.8. The normalized spacial score (nSPS) is 16.1. The molecule has 0 spiro atoms. The zero-order valence-corrected chi connectivity index (χ0v) is 33.8. The van der Waals surface area contributed by atoms with Crippen molar-refractivity contribution in [1.82, 2.24) is 25.4 Å². The van der Waals surface area contributed by atoms with Gasteiger partial charge in [-0.3, -0.25) is 28.9 Å². The number of fused-ring (bicyclic) bond motifs is 1. The highest BCUT2D eigenvalue weighted by Gasteiger charge is 2.44. The van der Waals surface area contributed by atoms with E-state index in [-0.39, 0.29) is 29.4 Å². The number of carbonyl (C=O) groups excluding carboxylic acids is 5. The predicted molar refractivity (Wildman–Crippen MR) is 223 cm³/mol. The molecule has 5 amide bonds. The second kappa shape index (κ2) is 18.5. The monoisotopic (exact) mass is 797 g/mol. The van der Waals surface area contributed by atoms with Gasteiger partial charge in [-0.15, -0.1) is 0 Å². The number of unbranched alkanes of at least 4 members (excludes halogenated alkanes) is 4. The lowest BCUT2D eigenvalue weighted by Gasteiger charge is -2.29. The van der Waals surface area contributed by atoms with Crippen LogP contribution in [-0.2, 0) is 22.6 Å². The number of piperidine rings is 1. The number of aromatic nitrogens is 1. The molecular weight excluding hydrogens is 747 g/mol. The topological polar surface area (TPSA) is 147 Å². The van der Waals surface area contributed by atoms with E-state index >= 15 is 0 Å². The van der Waals surface area contributed by atoms with Crippen LogP contribution < -0.4 is 20.1 Å². The summed E-state index contributed by atoms with van der Waals surface area (Å²) in [5.41, 5.74) is 6.31. The molecule has 3 aliphatic rings. The van der Waals surface area contributed by atoms with Crippen LogP contribution in [0, 0.1) is 0 Å². The first kappa shape index (κ1) is 40.9. The lowest BCUT2D eigenvalue weighted by atomic mass is 10.0. The van der Waals surface area contributed by atoms with Crippen LogP contribution in [0.3, 0.4) is 0 Å². The van der Waals surface area contributed by atoms with Crippen LogP contribution in [0.25, 0.3) is 11.1 Å². The first-order valence-electron chi connectivity index (χ1n) is 20.5. The molecule has 1 aliphatic carbocycles. The fraction of sp³-hybridized carbons (Fsp3) is 0.362. The first-order chi connectivity index (χ1) is 28.6. The predicted octanol–water partition coefficient (Wildman–Crippen LogP) is 6.98. The maximum atomic E-state index is 13.2. The van der Waals surface area contributed by atoms with Crippen molar-refractivity contribution in [1.29, 1.82) is 0 Å². The maximum Gasteiger partial charge on any atom is 0.270 e. The number of amides is 5. The second-order valence-electron chi connectivity index (χ2n) is 15.6. The van der Waals surface area contributed by atoms with Crippen molar-refractivity contribution in [3.05, 3.63) is 125 Å². The van der Waals surface area contributed by atoms with Gasteiger partial charge in [-0.1, -0.05) is 74.4 Å². The number of hydrogen-bond acceptors (Lipinski definition) is 8. The number of rotatable bonds is 18. The van der Waals surface area contributed by atoms with E-state index in [0.717, 1.165) is 59.3 Å². The van der Waals surface area contributed by atoms with E-state index in [0.29, 0.717) is 61.3 Å². The van der Waals surface area contributed by atoms with Gasteiger partial charge in [0.05, 0.1) is 37.5 Å². The highest BCUT2D eigenvalue weighted by molar-refractivity contribution is 6.23. The molecule has 1 atom stereocenters. The minimum Gasteiger partial charge on any atom is -0.494 e. The summed E-state index contributed by atoms with van der Waals surface area (Å²) in [6, 6.07) is 21.9. The quantitative estimate of drug-likeness (QED) is 0.0810. The summed E-state index contributed by atoms with van der Waals surface area (Å²) < 4.78 is 11.5. The van der Waals surface area contributed by atoms with Crippen molar-refractivity contribution in [2.75, 3.05) is 27.3 Å². The Bertz CT molecular complexity index is 2250. The highest BCUT2D eigenvalue weighted by atomic mass is 16.5. The Morgan fingerprint density at radius 3 is 2.39 bits per heavy atom. The third kappa shape index (κ3) is 9.88. The van der Waals surface area contributed by atoms with Crippen molar-refractivity contribution >= 4 is 29.5 Å². The number of allylic oxidation sites excluding steroid dienone is 1. The molecule has 1 saturated carbocycles. The Balaban J connectivity index is 0.793. The van der Waals surface area contributed by atoms with Crippen LogP contribution in [0.4, 0.5) is 0 Å². The maximum absolute atomic E-state index is 13.2. The van der Waals surface area contributed by atoms with Gasteiger partial charge < -0.3 is 25.0 Å². The lowest BCUT2D eigenvalue weighted by Crippen LogP contribution is -2.51. The van der Waals surface area contributed by atoms with Gasteiger partial charge in [-0.2, -0.15) is 0 Å². The summed E-state index contributed by atoms with van der Waals surface area (Å²) in [5, 5.41) is 5.61. The number of methoxy groups -OCH3 is 1. The van der Waals surface area contributed by atoms with Crippen LogP contribution in [0.15, 0.2) is 91.3 Å². The summed E-state index contributed by atoms with van der Waals surface area (Å²) >= 11 is 0. The number of carbonyl (C=O) groups is 5. The van der Waals surface area contributed by atoms with Gasteiger partial charge in [0, 0.05) is 31.4 Å². The fourth-order valence-corrected chi connectivity index (χ4v) is 7.65. The molecule has 4 aromatic rings. The molecule has 306 valence electrons. The average molecular weight is 798 g/mol. The van der Waals surface area contributed by atoms with Gasteiger partial charge in [0.1, 0.15) is 23.2 Å². The minimum absolute atomic E-state index is 0.0327. The zero-order valence-electron chi connectivity index (χ0n) is 33.8. The molecule has 2 fully saturated rings. The molecule has 3 heterocycles. The van der Waals surface area contributed by atoms with Crippen LogP contribution >= 0.6 is 0 Å². The Morgan fingerprint density at radius 2 is 1.63 bits per heavy atom. The number of nitrogens with one attached hydrogen (secondary N) is 2. The summed E-state index contributed by atoms with van der Waals surface area (Å²) in [4.78, 5) is 72.0. The summed E-state index contributed by atoms with van der Waals surface area (Å²) in [7, 11) is 3.42. The van der Waals surface area contributed by atoms with E-state index in [4.69, 9.17) is 9.47 Å². The van der Waals surface area contributed by atoms with Crippen LogP contribution in [0.5, 0.6) is 11.5 Å². The largest absolute Gasteiger partial charge is 0.494 e. The molecule has 12 nitrogen and oxygen atoms in total. The number of benzene rings is 3. The SMILES string of the molecule is C=C1CCC(N2C(=O)c3ccc(OCCCCCCCN(C)C(=O)Cc4cccc(CNC(=O)c5cc(-c6ccc(C7CC7)cc6)c(OC)cn5)c4)cc3C2=O)C(=O)N1.